The highest BCUT2D eigenvalue weighted by Gasteiger charge is 2.58. The maximum Gasteiger partial charge on any atom is 0.250 e. The molecular weight excluding hydrogens is 259 g/mol. The molecule has 0 heterocycles. The van der Waals surface area contributed by atoms with Gasteiger partial charge in [0.05, 0.1) is 14.2 Å². The van der Waals surface area contributed by atoms with Crippen LogP contribution in [-0.4, -0.2) is 26.7 Å². The zero-order chi connectivity index (χ0) is 14.3. The van der Waals surface area contributed by atoms with Crippen molar-refractivity contribution in [2.75, 3.05) is 20.8 Å². The van der Waals surface area contributed by atoms with Crippen molar-refractivity contribution in [1.29, 1.82) is 0 Å². The fraction of sp³-hybridized carbons (Fsp3) is 0.538. The number of alkyl halides is 2. The number of benzene rings is 1. The summed E-state index contributed by atoms with van der Waals surface area (Å²) in [6, 6.07) is 2.59. The van der Waals surface area contributed by atoms with Crippen LogP contribution in [0.5, 0.6) is 11.5 Å². The Bertz CT molecular complexity index is 483. The van der Waals surface area contributed by atoms with Gasteiger partial charge in [-0.25, -0.2) is 13.2 Å². The maximum atomic E-state index is 13.8. The van der Waals surface area contributed by atoms with E-state index in [2.05, 4.69) is 0 Å². The highest BCUT2D eigenvalue weighted by Crippen LogP contribution is 2.57. The van der Waals surface area contributed by atoms with Crippen molar-refractivity contribution in [1.82, 2.24) is 0 Å². The van der Waals surface area contributed by atoms with Crippen molar-refractivity contribution >= 4 is 0 Å². The van der Waals surface area contributed by atoms with Gasteiger partial charge in [-0.3, -0.25) is 0 Å². The van der Waals surface area contributed by atoms with Crippen LogP contribution in [0.25, 0.3) is 0 Å². The van der Waals surface area contributed by atoms with Crippen molar-refractivity contribution in [2.45, 2.75) is 24.2 Å². The topological polar surface area (TPSA) is 44.5 Å². The Hall–Kier alpha value is -1.43. The van der Waals surface area contributed by atoms with E-state index in [-0.39, 0.29) is 12.3 Å². The summed E-state index contributed by atoms with van der Waals surface area (Å²) in [5.74, 6) is -3.14. The Labute approximate surface area is 109 Å². The summed E-state index contributed by atoms with van der Waals surface area (Å²) in [5.41, 5.74) is 4.95. The molecule has 0 aliphatic heterocycles. The number of hydrogen-bond acceptors (Lipinski definition) is 3. The summed E-state index contributed by atoms with van der Waals surface area (Å²) in [6.45, 7) is -0.0151. The lowest BCUT2D eigenvalue weighted by Crippen LogP contribution is -2.54. The lowest BCUT2D eigenvalue weighted by Gasteiger charge is -2.47. The van der Waals surface area contributed by atoms with Crippen molar-refractivity contribution in [3.05, 3.63) is 23.5 Å². The molecule has 1 aromatic rings. The minimum Gasteiger partial charge on any atom is -0.496 e. The molecule has 1 fully saturated rings. The highest BCUT2D eigenvalue weighted by atomic mass is 19.3. The van der Waals surface area contributed by atoms with Gasteiger partial charge < -0.3 is 15.2 Å². The minimum atomic E-state index is -2.78. The van der Waals surface area contributed by atoms with Gasteiger partial charge in [0.25, 0.3) is 0 Å². The van der Waals surface area contributed by atoms with E-state index >= 15 is 0 Å². The molecule has 0 aromatic heterocycles. The van der Waals surface area contributed by atoms with Gasteiger partial charge >= 0.3 is 0 Å². The van der Waals surface area contributed by atoms with Crippen LogP contribution in [0.2, 0.25) is 0 Å². The first-order chi connectivity index (χ1) is 8.89. The van der Waals surface area contributed by atoms with E-state index in [0.29, 0.717) is 11.3 Å². The van der Waals surface area contributed by atoms with E-state index in [1.807, 2.05) is 0 Å². The molecule has 0 spiro atoms. The summed E-state index contributed by atoms with van der Waals surface area (Å²) >= 11 is 0. The molecule has 2 rings (SSSR count). The summed E-state index contributed by atoms with van der Waals surface area (Å²) < 4.78 is 50.4. The summed E-state index contributed by atoms with van der Waals surface area (Å²) in [4.78, 5) is 0. The van der Waals surface area contributed by atoms with Crippen molar-refractivity contribution in [3.8, 4) is 11.5 Å². The SMILES string of the molecule is COc1ccc(F)c(OC)c1C1(CN)CC(F)(F)C1. The molecule has 0 bridgehead atoms. The van der Waals surface area contributed by atoms with Crippen LogP contribution in [0.15, 0.2) is 12.1 Å². The van der Waals surface area contributed by atoms with E-state index in [9.17, 15) is 13.2 Å². The molecule has 1 saturated carbocycles. The van der Waals surface area contributed by atoms with Crippen molar-refractivity contribution in [3.63, 3.8) is 0 Å². The molecule has 6 heteroatoms. The third-order valence-corrected chi connectivity index (χ3v) is 3.61. The normalized spacial score (nSPS) is 19.7. The average Bonchev–Trinajstić information content (AvgIpc) is 2.35. The third-order valence-electron chi connectivity index (χ3n) is 3.61. The molecule has 0 atom stereocenters. The van der Waals surface area contributed by atoms with E-state index in [4.69, 9.17) is 15.2 Å². The molecule has 1 aromatic carbocycles. The Balaban J connectivity index is 2.57. The quantitative estimate of drug-likeness (QED) is 0.918. The molecule has 1 aliphatic rings. The van der Waals surface area contributed by atoms with Gasteiger partial charge in [-0.2, -0.15) is 0 Å². The molecule has 106 valence electrons. The second-order valence-corrected chi connectivity index (χ2v) is 4.85. The molecule has 1 aliphatic carbocycles. The zero-order valence-electron chi connectivity index (χ0n) is 10.8. The fourth-order valence-corrected chi connectivity index (χ4v) is 2.77. The van der Waals surface area contributed by atoms with Crippen LogP contribution in [0.1, 0.15) is 18.4 Å². The van der Waals surface area contributed by atoms with Crippen LogP contribution in [0.4, 0.5) is 13.2 Å². The molecule has 19 heavy (non-hydrogen) atoms. The number of ether oxygens (including phenoxy) is 2. The first-order valence-electron chi connectivity index (χ1n) is 5.88. The Morgan fingerprint density at radius 2 is 1.84 bits per heavy atom. The standard InChI is InChI=1S/C13H16F3NO2/c1-18-9-4-3-8(14)11(19-2)10(9)12(7-17)5-13(15,16)6-12/h3-4H,5-7,17H2,1-2H3. The van der Waals surface area contributed by atoms with E-state index in [1.54, 1.807) is 0 Å². The largest absolute Gasteiger partial charge is 0.496 e. The minimum absolute atomic E-state index is 0.0151. The maximum absolute atomic E-state index is 13.8. The third kappa shape index (κ3) is 2.14. The number of nitrogens with two attached hydrogens (primary N) is 1. The monoisotopic (exact) mass is 275 g/mol. The summed E-state index contributed by atoms with van der Waals surface area (Å²) in [7, 11) is 2.69. The second kappa shape index (κ2) is 4.59. The average molecular weight is 275 g/mol. The molecular formula is C13H16F3NO2. The van der Waals surface area contributed by atoms with Gasteiger partial charge in [0.2, 0.25) is 5.92 Å². The van der Waals surface area contributed by atoms with Gasteiger partial charge in [0, 0.05) is 30.4 Å². The van der Waals surface area contributed by atoms with Gasteiger partial charge in [-0.15, -0.1) is 0 Å². The molecule has 0 saturated heterocycles. The first kappa shape index (κ1) is 14.0. The Kier molecular flexibility index (Phi) is 3.38. The number of halogens is 3. The molecule has 0 radical (unpaired) electrons. The van der Waals surface area contributed by atoms with Crippen molar-refractivity contribution < 1.29 is 22.6 Å². The summed E-state index contributed by atoms with van der Waals surface area (Å²) in [5, 5.41) is 0. The van der Waals surface area contributed by atoms with E-state index in [0.717, 1.165) is 0 Å². The first-order valence-corrected chi connectivity index (χ1v) is 5.88. The van der Waals surface area contributed by atoms with Crippen LogP contribution >= 0.6 is 0 Å². The number of rotatable bonds is 4. The van der Waals surface area contributed by atoms with E-state index in [1.165, 1.54) is 26.4 Å². The predicted octanol–water partition coefficient (Wildman–Crippen LogP) is 2.47. The van der Waals surface area contributed by atoms with Crippen molar-refractivity contribution in [2.24, 2.45) is 5.73 Å². The highest BCUT2D eigenvalue weighted by molar-refractivity contribution is 5.52. The van der Waals surface area contributed by atoms with E-state index < -0.39 is 30.0 Å². The smallest absolute Gasteiger partial charge is 0.250 e. The molecule has 0 amide bonds. The van der Waals surface area contributed by atoms with Gasteiger partial charge in [0.15, 0.2) is 11.6 Å². The lowest BCUT2D eigenvalue weighted by atomic mass is 9.61. The summed E-state index contributed by atoms with van der Waals surface area (Å²) in [6.07, 6.45) is -0.848. The lowest BCUT2D eigenvalue weighted by molar-refractivity contribution is -0.124. The number of hydrogen-bond donors (Lipinski definition) is 1. The van der Waals surface area contributed by atoms with Crippen LogP contribution < -0.4 is 15.2 Å². The Morgan fingerprint density at radius 1 is 1.21 bits per heavy atom. The Morgan fingerprint density at radius 3 is 2.26 bits per heavy atom. The van der Waals surface area contributed by atoms with Gasteiger partial charge in [0.1, 0.15) is 5.75 Å². The molecule has 2 N–H and O–H groups in total. The predicted molar refractivity (Wildman–Crippen MR) is 64.4 cm³/mol. The van der Waals surface area contributed by atoms with Crippen LogP contribution in [0.3, 0.4) is 0 Å². The van der Waals surface area contributed by atoms with Crippen LogP contribution in [-0.2, 0) is 5.41 Å². The van der Waals surface area contributed by atoms with Gasteiger partial charge in [-0.1, -0.05) is 0 Å². The number of methoxy groups -OCH3 is 2. The fourth-order valence-electron chi connectivity index (χ4n) is 2.77. The molecule has 0 unspecified atom stereocenters. The van der Waals surface area contributed by atoms with Gasteiger partial charge in [-0.05, 0) is 12.1 Å². The van der Waals surface area contributed by atoms with Crippen LogP contribution in [0, 0.1) is 5.82 Å². The molecule has 3 nitrogen and oxygen atoms in total. The zero-order valence-corrected chi connectivity index (χ0v) is 10.8. The second-order valence-electron chi connectivity index (χ2n) is 4.85.